The minimum atomic E-state index is -0.103. The number of aromatic nitrogens is 5. The summed E-state index contributed by atoms with van der Waals surface area (Å²) in [5, 5.41) is 13.6. The fourth-order valence-electron chi connectivity index (χ4n) is 4.81. The average Bonchev–Trinajstić information content (AvgIpc) is 3.60. The standard InChI is InChI=1S/C25H30N6O3/c1-3-22(24-27-28-29-31(24)16-21-10-6-12-34-21)30(15-20-9-5-11-33-20)14-19-13-18-8-4-7-17(2)23(18)26-25(19)32/h4-5,7-9,11,13,21-22H,3,6,10,12,14-16H2,1-2H3,(H,26,32)/t21-,22+/m1/s1. The molecule has 0 bridgehead atoms. The number of fused-ring (bicyclic) bond motifs is 1. The van der Waals surface area contributed by atoms with Gasteiger partial charge in [0, 0.05) is 18.7 Å². The zero-order valence-electron chi connectivity index (χ0n) is 19.6. The van der Waals surface area contributed by atoms with E-state index in [1.165, 1.54) is 0 Å². The molecule has 0 radical (unpaired) electrons. The first kappa shape index (κ1) is 22.5. The third-order valence-electron chi connectivity index (χ3n) is 6.56. The first-order valence-corrected chi connectivity index (χ1v) is 11.9. The molecular weight excluding hydrogens is 432 g/mol. The normalized spacial score (nSPS) is 17.1. The molecule has 9 nitrogen and oxygen atoms in total. The summed E-state index contributed by atoms with van der Waals surface area (Å²) in [6, 6.07) is 11.7. The van der Waals surface area contributed by atoms with Crippen LogP contribution in [0.5, 0.6) is 0 Å². The number of aromatic amines is 1. The van der Waals surface area contributed by atoms with E-state index in [0.717, 1.165) is 53.9 Å². The van der Waals surface area contributed by atoms with Gasteiger partial charge in [-0.2, -0.15) is 0 Å². The molecular formula is C25H30N6O3. The van der Waals surface area contributed by atoms with Crippen LogP contribution in [0.3, 0.4) is 0 Å². The Morgan fingerprint density at radius 1 is 1.26 bits per heavy atom. The van der Waals surface area contributed by atoms with Crippen molar-refractivity contribution in [2.24, 2.45) is 0 Å². The molecule has 0 unspecified atom stereocenters. The number of aryl methyl sites for hydroxylation is 1. The summed E-state index contributed by atoms with van der Waals surface area (Å²) in [6.45, 7) is 6.49. The lowest BCUT2D eigenvalue weighted by molar-refractivity contribution is 0.0882. The van der Waals surface area contributed by atoms with Crippen LogP contribution in [0.2, 0.25) is 0 Å². The van der Waals surface area contributed by atoms with E-state index in [0.29, 0.717) is 25.2 Å². The quantitative estimate of drug-likeness (QED) is 0.404. The van der Waals surface area contributed by atoms with Gasteiger partial charge >= 0.3 is 0 Å². The first-order chi connectivity index (χ1) is 16.6. The number of furan rings is 1. The van der Waals surface area contributed by atoms with Gasteiger partial charge in [0.1, 0.15) is 5.76 Å². The van der Waals surface area contributed by atoms with Gasteiger partial charge in [0.15, 0.2) is 5.82 Å². The summed E-state index contributed by atoms with van der Waals surface area (Å²) in [6.07, 6.45) is 4.65. The fraction of sp³-hybridized carbons (Fsp3) is 0.440. The van der Waals surface area contributed by atoms with Crippen LogP contribution >= 0.6 is 0 Å². The number of nitrogens with one attached hydrogen (secondary N) is 1. The molecule has 3 aromatic heterocycles. The van der Waals surface area contributed by atoms with Crippen molar-refractivity contribution in [3.8, 4) is 0 Å². The molecule has 0 aliphatic carbocycles. The number of para-hydroxylation sites is 1. The Hall–Kier alpha value is -3.30. The van der Waals surface area contributed by atoms with Gasteiger partial charge < -0.3 is 14.1 Å². The van der Waals surface area contributed by atoms with Crippen LogP contribution in [-0.4, -0.2) is 42.8 Å². The van der Waals surface area contributed by atoms with Gasteiger partial charge in [-0.05, 0) is 65.8 Å². The summed E-state index contributed by atoms with van der Waals surface area (Å²) < 4.78 is 13.3. The second-order valence-corrected chi connectivity index (χ2v) is 8.93. The van der Waals surface area contributed by atoms with Crippen LogP contribution in [-0.2, 0) is 24.4 Å². The molecule has 1 N–H and O–H groups in total. The van der Waals surface area contributed by atoms with Crippen molar-refractivity contribution in [2.75, 3.05) is 6.61 Å². The van der Waals surface area contributed by atoms with Crippen molar-refractivity contribution in [2.45, 2.75) is 64.9 Å². The van der Waals surface area contributed by atoms with Crippen molar-refractivity contribution in [3.05, 3.63) is 75.7 Å². The number of hydrogen-bond acceptors (Lipinski definition) is 7. The van der Waals surface area contributed by atoms with Crippen molar-refractivity contribution in [3.63, 3.8) is 0 Å². The summed E-state index contributed by atoms with van der Waals surface area (Å²) in [5.74, 6) is 1.60. The number of rotatable bonds is 9. The zero-order valence-corrected chi connectivity index (χ0v) is 19.6. The molecule has 178 valence electrons. The van der Waals surface area contributed by atoms with Crippen molar-refractivity contribution in [1.82, 2.24) is 30.1 Å². The van der Waals surface area contributed by atoms with Crippen LogP contribution in [0.1, 0.15) is 54.9 Å². The molecule has 1 fully saturated rings. The average molecular weight is 463 g/mol. The Morgan fingerprint density at radius 2 is 2.18 bits per heavy atom. The fourth-order valence-corrected chi connectivity index (χ4v) is 4.81. The minimum Gasteiger partial charge on any atom is -0.468 e. The maximum atomic E-state index is 13.1. The number of tetrazole rings is 1. The van der Waals surface area contributed by atoms with E-state index in [1.807, 2.05) is 48.0 Å². The summed E-state index contributed by atoms with van der Waals surface area (Å²) >= 11 is 0. The lowest BCUT2D eigenvalue weighted by Crippen LogP contribution is -2.33. The molecule has 34 heavy (non-hydrogen) atoms. The Morgan fingerprint density at radius 3 is 2.94 bits per heavy atom. The number of H-pyrrole nitrogens is 1. The van der Waals surface area contributed by atoms with Crippen LogP contribution in [0, 0.1) is 6.92 Å². The van der Waals surface area contributed by atoms with E-state index in [2.05, 4.69) is 32.3 Å². The molecule has 1 saturated heterocycles. The summed E-state index contributed by atoms with van der Waals surface area (Å²) in [5.41, 5.74) is 2.54. The van der Waals surface area contributed by atoms with Gasteiger partial charge in [0.25, 0.3) is 5.56 Å². The third-order valence-corrected chi connectivity index (χ3v) is 6.56. The lowest BCUT2D eigenvalue weighted by Gasteiger charge is -2.29. The SMILES string of the molecule is CC[C@@H](c1nnnn1C[C@H]1CCCO1)N(Cc1ccco1)Cc1cc2cccc(C)c2[nH]c1=O. The molecule has 0 saturated carbocycles. The smallest absolute Gasteiger partial charge is 0.252 e. The first-order valence-electron chi connectivity index (χ1n) is 11.9. The molecule has 0 amide bonds. The molecule has 4 heterocycles. The maximum absolute atomic E-state index is 13.1. The van der Waals surface area contributed by atoms with Crippen LogP contribution < -0.4 is 5.56 Å². The van der Waals surface area contributed by atoms with Crippen molar-refractivity contribution >= 4 is 10.9 Å². The summed E-state index contributed by atoms with van der Waals surface area (Å²) in [4.78, 5) is 18.3. The molecule has 1 aliphatic heterocycles. The van der Waals surface area contributed by atoms with E-state index in [-0.39, 0.29) is 17.7 Å². The highest BCUT2D eigenvalue weighted by Gasteiger charge is 2.28. The predicted molar refractivity (Wildman–Crippen MR) is 127 cm³/mol. The molecule has 2 atom stereocenters. The van der Waals surface area contributed by atoms with Gasteiger partial charge in [-0.25, -0.2) is 4.68 Å². The van der Waals surface area contributed by atoms with E-state index >= 15 is 0 Å². The lowest BCUT2D eigenvalue weighted by atomic mass is 10.1. The number of nitrogens with zero attached hydrogens (tertiary/aromatic N) is 5. The number of ether oxygens (including phenoxy) is 1. The maximum Gasteiger partial charge on any atom is 0.252 e. The highest BCUT2D eigenvalue weighted by Crippen LogP contribution is 2.27. The van der Waals surface area contributed by atoms with E-state index < -0.39 is 0 Å². The summed E-state index contributed by atoms with van der Waals surface area (Å²) in [7, 11) is 0. The molecule has 1 aliphatic rings. The van der Waals surface area contributed by atoms with E-state index in [9.17, 15) is 4.79 Å². The third kappa shape index (κ3) is 4.67. The number of pyridine rings is 1. The van der Waals surface area contributed by atoms with E-state index in [4.69, 9.17) is 9.15 Å². The van der Waals surface area contributed by atoms with Crippen molar-refractivity contribution in [1.29, 1.82) is 0 Å². The predicted octanol–water partition coefficient (Wildman–Crippen LogP) is 3.75. The van der Waals surface area contributed by atoms with Gasteiger partial charge in [-0.3, -0.25) is 9.69 Å². The molecule has 9 heteroatoms. The Balaban J connectivity index is 1.49. The van der Waals surface area contributed by atoms with Gasteiger partial charge in [0.2, 0.25) is 0 Å². The van der Waals surface area contributed by atoms with Gasteiger partial charge in [-0.1, -0.05) is 25.1 Å². The molecule has 0 spiro atoms. The minimum absolute atomic E-state index is 0.0833. The second-order valence-electron chi connectivity index (χ2n) is 8.93. The highest BCUT2D eigenvalue weighted by atomic mass is 16.5. The van der Waals surface area contributed by atoms with E-state index in [1.54, 1.807) is 6.26 Å². The monoisotopic (exact) mass is 462 g/mol. The topological polar surface area (TPSA) is 102 Å². The van der Waals surface area contributed by atoms with Gasteiger partial charge in [0.05, 0.1) is 37.0 Å². The van der Waals surface area contributed by atoms with Crippen LogP contribution in [0.15, 0.2) is 51.9 Å². The Bertz CT molecular complexity index is 1290. The van der Waals surface area contributed by atoms with Gasteiger partial charge in [-0.15, -0.1) is 5.10 Å². The number of benzene rings is 1. The zero-order chi connectivity index (χ0) is 23.5. The van der Waals surface area contributed by atoms with Crippen LogP contribution in [0.4, 0.5) is 0 Å². The second kappa shape index (κ2) is 9.90. The number of hydrogen-bond donors (Lipinski definition) is 1. The Kier molecular flexibility index (Phi) is 6.55. The highest BCUT2D eigenvalue weighted by molar-refractivity contribution is 5.81. The van der Waals surface area contributed by atoms with Crippen LogP contribution in [0.25, 0.3) is 10.9 Å². The molecule has 4 aromatic rings. The molecule has 5 rings (SSSR count). The largest absolute Gasteiger partial charge is 0.468 e. The Labute approximate surface area is 197 Å². The molecule has 1 aromatic carbocycles. The van der Waals surface area contributed by atoms with Crippen molar-refractivity contribution < 1.29 is 9.15 Å².